The summed E-state index contributed by atoms with van der Waals surface area (Å²) in [6.45, 7) is 5.68. The molecule has 0 bridgehead atoms. The van der Waals surface area contributed by atoms with Crippen LogP contribution in [0.5, 0.6) is 5.75 Å². The van der Waals surface area contributed by atoms with Gasteiger partial charge in [0.05, 0.1) is 22.9 Å². The van der Waals surface area contributed by atoms with E-state index in [1.807, 2.05) is 0 Å². The van der Waals surface area contributed by atoms with Crippen LogP contribution in [-0.4, -0.2) is 32.9 Å². The maximum Gasteiger partial charge on any atom is 0.422 e. The van der Waals surface area contributed by atoms with Crippen molar-refractivity contribution >= 4 is 17.2 Å². The minimum Gasteiger partial charge on any atom is -0.482 e. The Hall–Kier alpha value is -1.64. The zero-order valence-corrected chi connectivity index (χ0v) is 13.5. The van der Waals surface area contributed by atoms with Gasteiger partial charge in [0.25, 0.3) is 0 Å². The summed E-state index contributed by atoms with van der Waals surface area (Å²) in [7, 11) is -1.36. The molecule has 1 aromatic heterocycles. The summed E-state index contributed by atoms with van der Waals surface area (Å²) in [4.78, 5) is 6.44. The first-order chi connectivity index (χ1) is 9.99. The van der Waals surface area contributed by atoms with Gasteiger partial charge in [-0.2, -0.15) is 18.3 Å². The molecule has 22 heavy (non-hydrogen) atoms. The number of rotatable bonds is 5. The van der Waals surface area contributed by atoms with Crippen molar-refractivity contribution < 1.29 is 22.1 Å². The highest BCUT2D eigenvalue weighted by atomic mass is 32.2. The van der Waals surface area contributed by atoms with Gasteiger partial charge in [-0.15, -0.1) is 0 Å². The quantitative estimate of drug-likeness (QED) is 0.664. The van der Waals surface area contributed by atoms with Gasteiger partial charge in [-0.05, 0) is 39.3 Å². The number of halogens is 3. The smallest absolute Gasteiger partial charge is 0.422 e. The van der Waals surface area contributed by atoms with Crippen LogP contribution in [0.1, 0.15) is 32.0 Å². The Morgan fingerprint density at radius 1 is 1.41 bits per heavy atom. The van der Waals surface area contributed by atoms with Gasteiger partial charge < -0.3 is 4.74 Å². The molecule has 1 aromatic rings. The first-order valence-electron chi connectivity index (χ1n) is 6.36. The number of hydrogen-bond donors (Lipinski definition) is 1. The second kappa shape index (κ2) is 7.08. The largest absolute Gasteiger partial charge is 0.482 e. The molecule has 0 aliphatic rings. The number of nitrogens with one attached hydrogen (secondary N) is 1. The molecule has 1 rings (SSSR count). The van der Waals surface area contributed by atoms with E-state index in [0.717, 1.165) is 0 Å². The van der Waals surface area contributed by atoms with Crippen LogP contribution in [0.3, 0.4) is 0 Å². The molecule has 9 heteroatoms. The Morgan fingerprint density at radius 2 is 2.05 bits per heavy atom. The number of hydrazone groups is 1. The van der Waals surface area contributed by atoms with E-state index in [2.05, 4.69) is 19.7 Å². The highest BCUT2D eigenvalue weighted by Crippen LogP contribution is 2.19. The van der Waals surface area contributed by atoms with Crippen LogP contribution in [0.4, 0.5) is 13.2 Å². The molecule has 0 aliphatic heterocycles. The third kappa shape index (κ3) is 6.42. The molecule has 0 fully saturated rings. The Balaban J connectivity index is 2.68. The first kappa shape index (κ1) is 18.4. The Kier molecular flexibility index (Phi) is 5.92. The Morgan fingerprint density at radius 3 is 2.55 bits per heavy atom. The standard InChI is InChI=1S/C13H18F3N3O2S/c1-9-5-10(21-8-13(14,15)16)6-17-11(9)7-18-19-22(20)12(2,3)4/h5-7,19H,8H2,1-4H3/b18-7+/t22-/m1/s1. The van der Waals surface area contributed by atoms with Gasteiger partial charge in [0.15, 0.2) is 6.61 Å². The van der Waals surface area contributed by atoms with E-state index < -0.39 is 28.5 Å². The molecule has 0 aromatic carbocycles. The zero-order chi connectivity index (χ0) is 17.0. The Bertz CT molecular complexity index is 569. The first-order valence-corrected chi connectivity index (χ1v) is 7.51. The second-order valence-corrected chi connectivity index (χ2v) is 7.45. The lowest BCUT2D eigenvalue weighted by atomic mass is 10.2. The van der Waals surface area contributed by atoms with E-state index in [9.17, 15) is 17.4 Å². The molecule has 0 unspecified atom stereocenters. The van der Waals surface area contributed by atoms with Gasteiger partial charge in [0.2, 0.25) is 0 Å². The minimum atomic E-state index is -4.39. The summed E-state index contributed by atoms with van der Waals surface area (Å²) in [6.07, 6.45) is -1.86. The van der Waals surface area contributed by atoms with Crippen molar-refractivity contribution in [3.05, 3.63) is 23.5 Å². The van der Waals surface area contributed by atoms with Crippen molar-refractivity contribution in [1.82, 2.24) is 9.82 Å². The monoisotopic (exact) mass is 337 g/mol. The van der Waals surface area contributed by atoms with E-state index in [1.54, 1.807) is 27.7 Å². The average Bonchev–Trinajstić information content (AvgIpc) is 2.36. The highest BCUT2D eigenvalue weighted by Gasteiger charge is 2.28. The third-order valence-corrected chi connectivity index (χ3v) is 3.76. The van der Waals surface area contributed by atoms with Crippen molar-refractivity contribution in [2.75, 3.05) is 6.61 Å². The fraction of sp³-hybridized carbons (Fsp3) is 0.538. The summed E-state index contributed by atoms with van der Waals surface area (Å²) >= 11 is 0. The lowest BCUT2D eigenvalue weighted by Gasteiger charge is -2.15. The third-order valence-electron chi connectivity index (χ3n) is 2.37. The topological polar surface area (TPSA) is 63.6 Å². The number of hydrogen-bond acceptors (Lipinski definition) is 4. The van der Waals surface area contributed by atoms with Crippen molar-refractivity contribution in [1.29, 1.82) is 0 Å². The number of nitrogens with zero attached hydrogens (tertiary/aromatic N) is 2. The minimum absolute atomic E-state index is 0.0261. The second-order valence-electron chi connectivity index (χ2n) is 5.51. The van der Waals surface area contributed by atoms with Crippen LogP contribution in [0.25, 0.3) is 0 Å². The maximum atomic E-state index is 12.1. The van der Waals surface area contributed by atoms with Gasteiger partial charge in [0, 0.05) is 0 Å². The van der Waals surface area contributed by atoms with Gasteiger partial charge >= 0.3 is 6.18 Å². The van der Waals surface area contributed by atoms with E-state index in [0.29, 0.717) is 11.3 Å². The number of pyridine rings is 1. The summed E-state index contributed by atoms with van der Waals surface area (Å²) in [5, 5.41) is 3.83. The summed E-state index contributed by atoms with van der Waals surface area (Å²) in [5.74, 6) is 0.0261. The van der Waals surface area contributed by atoms with E-state index in [4.69, 9.17) is 0 Å². The summed E-state index contributed by atoms with van der Waals surface area (Å²) in [6, 6.07) is 1.43. The van der Waals surface area contributed by atoms with E-state index >= 15 is 0 Å². The molecule has 1 heterocycles. The molecule has 0 radical (unpaired) electrons. The van der Waals surface area contributed by atoms with Crippen molar-refractivity contribution in [3.8, 4) is 5.75 Å². The van der Waals surface area contributed by atoms with Crippen LogP contribution in [0.2, 0.25) is 0 Å². The van der Waals surface area contributed by atoms with Crippen LogP contribution in [0, 0.1) is 6.92 Å². The molecular weight excluding hydrogens is 319 g/mol. The predicted molar refractivity (Wildman–Crippen MR) is 79.1 cm³/mol. The summed E-state index contributed by atoms with van der Waals surface area (Å²) in [5.41, 5.74) is 1.03. The fourth-order valence-corrected chi connectivity index (χ4v) is 1.63. The molecule has 0 spiro atoms. The normalized spacial score (nSPS) is 14.1. The zero-order valence-electron chi connectivity index (χ0n) is 12.7. The maximum absolute atomic E-state index is 12.1. The molecule has 124 valence electrons. The fourth-order valence-electron chi connectivity index (χ4n) is 1.21. The predicted octanol–water partition coefficient (Wildman–Crippen LogP) is 2.72. The molecule has 1 atom stereocenters. The number of ether oxygens (including phenoxy) is 1. The van der Waals surface area contributed by atoms with Gasteiger partial charge in [-0.3, -0.25) is 4.98 Å². The molecule has 0 saturated carbocycles. The van der Waals surface area contributed by atoms with Crippen LogP contribution in [-0.2, 0) is 11.0 Å². The SMILES string of the molecule is Cc1cc(OCC(F)(F)F)cnc1/C=N/N[S@](=O)C(C)(C)C. The number of aromatic nitrogens is 1. The highest BCUT2D eigenvalue weighted by molar-refractivity contribution is 7.84. The number of alkyl halides is 3. The van der Waals surface area contributed by atoms with E-state index in [-0.39, 0.29) is 5.75 Å². The average molecular weight is 337 g/mol. The molecule has 1 N–H and O–H groups in total. The van der Waals surface area contributed by atoms with Gasteiger partial charge in [-0.1, -0.05) is 0 Å². The van der Waals surface area contributed by atoms with Crippen LogP contribution < -0.4 is 9.57 Å². The summed E-state index contributed by atoms with van der Waals surface area (Å²) < 4.78 is 52.0. The van der Waals surface area contributed by atoms with Gasteiger partial charge in [0.1, 0.15) is 16.7 Å². The lowest BCUT2D eigenvalue weighted by Crippen LogP contribution is -2.30. The van der Waals surface area contributed by atoms with Gasteiger partial charge in [-0.25, -0.2) is 9.04 Å². The molecular formula is C13H18F3N3O2S. The molecule has 5 nitrogen and oxygen atoms in total. The van der Waals surface area contributed by atoms with Crippen molar-refractivity contribution in [2.45, 2.75) is 38.6 Å². The lowest BCUT2D eigenvalue weighted by molar-refractivity contribution is -0.153. The van der Waals surface area contributed by atoms with Crippen LogP contribution in [0.15, 0.2) is 17.4 Å². The number of aryl methyl sites for hydroxylation is 1. The molecule has 0 aliphatic carbocycles. The Labute approximate surface area is 129 Å². The van der Waals surface area contributed by atoms with Crippen LogP contribution >= 0.6 is 0 Å². The van der Waals surface area contributed by atoms with Crippen molar-refractivity contribution in [3.63, 3.8) is 0 Å². The molecule has 0 amide bonds. The van der Waals surface area contributed by atoms with E-state index in [1.165, 1.54) is 18.5 Å². The van der Waals surface area contributed by atoms with Crippen molar-refractivity contribution in [2.24, 2.45) is 5.10 Å². The molecule has 0 saturated heterocycles.